The Morgan fingerprint density at radius 2 is 1.88 bits per heavy atom. The highest BCUT2D eigenvalue weighted by Gasteiger charge is 2.40. The second-order valence-electron chi connectivity index (χ2n) is 7.86. The van der Waals surface area contributed by atoms with Crippen LogP contribution in [0.3, 0.4) is 0 Å². The number of nitrogens with one attached hydrogen (secondary N) is 1. The maximum Gasteiger partial charge on any atom is 0.573 e. The first-order valence-electron chi connectivity index (χ1n) is 10.2. The molecule has 1 atom stereocenters. The van der Waals surface area contributed by atoms with Crippen LogP contribution < -0.4 is 14.8 Å². The summed E-state index contributed by atoms with van der Waals surface area (Å²) in [5.41, 5.74) is 2.13. The molecule has 2 heterocycles. The van der Waals surface area contributed by atoms with Gasteiger partial charge < -0.3 is 24.8 Å². The smallest absolute Gasteiger partial charge is 0.507 e. The highest BCUT2D eigenvalue weighted by atomic mass is 19.4. The van der Waals surface area contributed by atoms with Crippen molar-refractivity contribution in [2.24, 2.45) is 0 Å². The fourth-order valence-electron chi connectivity index (χ4n) is 4.28. The lowest BCUT2D eigenvalue weighted by Gasteiger charge is -2.27. The minimum atomic E-state index is -4.84. The van der Waals surface area contributed by atoms with E-state index in [1.54, 1.807) is 36.4 Å². The van der Waals surface area contributed by atoms with Crippen molar-refractivity contribution in [3.05, 3.63) is 82.9 Å². The molecule has 0 aromatic heterocycles. The number of anilines is 1. The lowest BCUT2D eigenvalue weighted by molar-refractivity contribution is -0.274. The van der Waals surface area contributed by atoms with Gasteiger partial charge in [0.25, 0.3) is 11.8 Å². The van der Waals surface area contributed by atoms with Crippen LogP contribution in [0.15, 0.2) is 60.7 Å². The predicted molar refractivity (Wildman–Crippen MR) is 114 cm³/mol. The number of carbonyl (C=O) groups is 2. The highest BCUT2D eigenvalue weighted by Crippen LogP contribution is 2.44. The molecule has 0 saturated heterocycles. The Balaban J connectivity index is 1.55. The number of rotatable bonds is 4. The number of benzene rings is 3. The minimum absolute atomic E-state index is 0.0490. The molecule has 0 aliphatic carbocycles. The molecule has 5 rings (SSSR count). The van der Waals surface area contributed by atoms with Crippen molar-refractivity contribution < 1.29 is 37.3 Å². The molecule has 2 N–H and O–H groups in total. The number of carbonyl (C=O) groups excluding carboxylic acids is 2. The number of fused-ring (bicyclic) bond motifs is 2. The summed E-state index contributed by atoms with van der Waals surface area (Å²) in [5, 5.41) is 13.1. The SMILES string of the molecule is O=C1COc2ccc(C3c4cccc(O)c4C(=O)N3Cc3cccc(OC(F)(F)F)c3)cc2N1. The van der Waals surface area contributed by atoms with Gasteiger partial charge in [-0.2, -0.15) is 0 Å². The number of alkyl halides is 3. The average Bonchev–Trinajstić information content (AvgIpc) is 3.05. The Bertz CT molecular complexity index is 1310. The van der Waals surface area contributed by atoms with Crippen LogP contribution in [0, 0.1) is 0 Å². The van der Waals surface area contributed by atoms with Gasteiger partial charge in [0.15, 0.2) is 6.61 Å². The summed E-state index contributed by atoms with van der Waals surface area (Å²) in [4.78, 5) is 26.5. The summed E-state index contributed by atoms with van der Waals surface area (Å²) in [6.07, 6.45) is -4.84. The molecule has 0 spiro atoms. The van der Waals surface area contributed by atoms with E-state index in [1.807, 2.05) is 0 Å². The van der Waals surface area contributed by atoms with Gasteiger partial charge in [-0.25, -0.2) is 0 Å². The van der Waals surface area contributed by atoms with Gasteiger partial charge in [0.05, 0.1) is 17.3 Å². The molecule has 2 amide bonds. The van der Waals surface area contributed by atoms with Gasteiger partial charge in [-0.3, -0.25) is 9.59 Å². The lowest BCUT2D eigenvalue weighted by atomic mass is 9.96. The van der Waals surface area contributed by atoms with Crippen LogP contribution in [0.1, 0.15) is 33.1 Å². The van der Waals surface area contributed by atoms with E-state index in [0.29, 0.717) is 28.1 Å². The summed E-state index contributed by atoms with van der Waals surface area (Å²) < 4.78 is 47.4. The van der Waals surface area contributed by atoms with E-state index in [1.165, 1.54) is 29.2 Å². The molecule has 34 heavy (non-hydrogen) atoms. The van der Waals surface area contributed by atoms with Crippen LogP contribution in [0.25, 0.3) is 0 Å². The molecule has 174 valence electrons. The van der Waals surface area contributed by atoms with Crippen molar-refractivity contribution in [3.63, 3.8) is 0 Å². The highest BCUT2D eigenvalue weighted by molar-refractivity contribution is 6.02. The van der Waals surface area contributed by atoms with Crippen molar-refractivity contribution in [2.75, 3.05) is 11.9 Å². The second kappa shape index (κ2) is 7.98. The molecule has 10 heteroatoms. The van der Waals surface area contributed by atoms with Gasteiger partial charge in [-0.15, -0.1) is 13.2 Å². The number of hydrogen-bond acceptors (Lipinski definition) is 5. The number of amides is 2. The third kappa shape index (κ3) is 3.98. The van der Waals surface area contributed by atoms with Gasteiger partial charge in [0.1, 0.15) is 17.2 Å². The number of nitrogens with zero attached hydrogens (tertiary/aromatic N) is 1. The zero-order valence-electron chi connectivity index (χ0n) is 17.4. The Morgan fingerprint density at radius 3 is 2.68 bits per heavy atom. The third-order valence-corrected chi connectivity index (χ3v) is 5.59. The standard InChI is InChI=1S/C24H17F3N2O5/c25-24(26,27)34-15-4-1-3-13(9-15)11-29-22(16-5-2-6-18(30)21(16)23(29)32)14-7-8-19-17(10-14)28-20(31)12-33-19/h1-10,22,30H,11-12H2,(H,28,31). The van der Waals surface area contributed by atoms with Gasteiger partial charge >= 0.3 is 6.36 Å². The number of aromatic hydroxyl groups is 1. The van der Waals surface area contributed by atoms with Gasteiger partial charge in [0.2, 0.25) is 0 Å². The van der Waals surface area contributed by atoms with Crippen LogP contribution in [0.4, 0.5) is 18.9 Å². The van der Waals surface area contributed by atoms with E-state index in [2.05, 4.69) is 10.1 Å². The molecule has 1 unspecified atom stereocenters. The van der Waals surface area contributed by atoms with Gasteiger partial charge in [-0.1, -0.05) is 30.3 Å². The maximum atomic E-state index is 13.3. The Morgan fingerprint density at radius 1 is 1.09 bits per heavy atom. The summed E-state index contributed by atoms with van der Waals surface area (Å²) >= 11 is 0. The average molecular weight is 470 g/mol. The van der Waals surface area contributed by atoms with Crippen molar-refractivity contribution >= 4 is 17.5 Å². The molecule has 0 saturated carbocycles. The van der Waals surface area contributed by atoms with Crippen LogP contribution in [-0.4, -0.2) is 34.8 Å². The predicted octanol–water partition coefficient (Wildman–Crippen LogP) is 4.37. The normalized spacial score (nSPS) is 17.0. The molecular formula is C24H17F3N2O5. The van der Waals surface area contributed by atoms with E-state index >= 15 is 0 Å². The Kier molecular flexibility index (Phi) is 5.07. The van der Waals surface area contributed by atoms with E-state index in [9.17, 15) is 27.9 Å². The summed E-state index contributed by atoms with van der Waals surface area (Å²) in [7, 11) is 0. The molecule has 2 aliphatic rings. The molecule has 0 fully saturated rings. The van der Waals surface area contributed by atoms with Crippen molar-refractivity contribution in [2.45, 2.75) is 18.9 Å². The number of hydrogen-bond donors (Lipinski definition) is 2. The fourth-order valence-corrected chi connectivity index (χ4v) is 4.28. The monoisotopic (exact) mass is 470 g/mol. The molecule has 3 aromatic rings. The van der Waals surface area contributed by atoms with E-state index in [4.69, 9.17) is 4.74 Å². The van der Waals surface area contributed by atoms with E-state index < -0.39 is 24.1 Å². The summed E-state index contributed by atoms with van der Waals surface area (Å²) in [6, 6.07) is 14.5. The fraction of sp³-hybridized carbons (Fsp3) is 0.167. The zero-order chi connectivity index (χ0) is 24.0. The first-order valence-corrected chi connectivity index (χ1v) is 10.2. The van der Waals surface area contributed by atoms with Crippen LogP contribution in [0.2, 0.25) is 0 Å². The molecule has 2 aliphatic heterocycles. The van der Waals surface area contributed by atoms with Gasteiger partial charge in [0, 0.05) is 6.54 Å². The number of phenols is 1. The molecule has 3 aromatic carbocycles. The molecule has 0 bridgehead atoms. The summed E-state index contributed by atoms with van der Waals surface area (Å²) in [5.74, 6) is -0.907. The maximum absolute atomic E-state index is 13.3. The third-order valence-electron chi connectivity index (χ3n) is 5.59. The second-order valence-corrected chi connectivity index (χ2v) is 7.86. The largest absolute Gasteiger partial charge is 0.573 e. The van der Waals surface area contributed by atoms with Crippen LogP contribution in [-0.2, 0) is 11.3 Å². The van der Waals surface area contributed by atoms with E-state index in [-0.39, 0.29) is 30.4 Å². The Hall–Kier alpha value is -4.21. The van der Waals surface area contributed by atoms with Gasteiger partial charge in [-0.05, 0) is 47.0 Å². The zero-order valence-corrected chi connectivity index (χ0v) is 17.4. The van der Waals surface area contributed by atoms with Crippen LogP contribution >= 0.6 is 0 Å². The Labute approximate surface area is 191 Å². The molecule has 7 nitrogen and oxygen atoms in total. The quantitative estimate of drug-likeness (QED) is 0.592. The number of halogens is 3. The minimum Gasteiger partial charge on any atom is -0.507 e. The number of phenolic OH excluding ortho intramolecular Hbond substituents is 1. The van der Waals surface area contributed by atoms with Crippen LogP contribution in [0.5, 0.6) is 17.2 Å². The van der Waals surface area contributed by atoms with Crippen molar-refractivity contribution in [1.82, 2.24) is 4.90 Å². The number of ether oxygens (including phenoxy) is 2. The van der Waals surface area contributed by atoms with Crippen molar-refractivity contribution in [3.8, 4) is 17.2 Å². The first-order chi connectivity index (χ1) is 16.2. The molecular weight excluding hydrogens is 453 g/mol. The molecule has 0 radical (unpaired) electrons. The topological polar surface area (TPSA) is 88.1 Å². The lowest BCUT2D eigenvalue weighted by Crippen LogP contribution is -2.29. The first kappa shape index (κ1) is 21.6. The summed E-state index contributed by atoms with van der Waals surface area (Å²) in [6.45, 7) is -0.153. The van der Waals surface area contributed by atoms with E-state index in [0.717, 1.165) is 0 Å². The van der Waals surface area contributed by atoms with Crippen molar-refractivity contribution in [1.29, 1.82) is 0 Å².